The number of pyridine rings is 1. The van der Waals surface area contributed by atoms with E-state index in [9.17, 15) is 4.79 Å². The molecule has 0 atom stereocenters. The number of nitrogens with zero attached hydrogens (tertiary/aromatic N) is 2. The monoisotopic (exact) mass is 368 g/mol. The molecule has 0 aliphatic heterocycles. The minimum Gasteiger partial charge on any atom is -0.493 e. The zero-order chi connectivity index (χ0) is 19.2. The molecule has 3 rings (SSSR count). The first-order valence-corrected chi connectivity index (χ1v) is 8.24. The van der Waals surface area contributed by atoms with Crippen LogP contribution in [0.1, 0.15) is 21.7 Å². The Hall–Kier alpha value is -3.55. The number of hydrogen-bond donors (Lipinski definition) is 2. The molecular formula is C19H20N4O4. The van der Waals surface area contributed by atoms with Crippen molar-refractivity contribution in [3.8, 4) is 11.5 Å². The molecule has 0 saturated heterocycles. The lowest BCUT2D eigenvalue weighted by Crippen LogP contribution is -2.23. The van der Waals surface area contributed by atoms with E-state index < -0.39 is 0 Å². The van der Waals surface area contributed by atoms with Gasteiger partial charge in [0.05, 0.1) is 19.8 Å². The Morgan fingerprint density at radius 3 is 2.52 bits per heavy atom. The predicted octanol–water partition coefficient (Wildman–Crippen LogP) is 3.07. The Labute approximate surface area is 156 Å². The molecule has 0 fully saturated rings. The van der Waals surface area contributed by atoms with Crippen LogP contribution in [-0.4, -0.2) is 30.3 Å². The second kappa shape index (κ2) is 8.22. The number of ether oxygens (including phenoxy) is 2. The molecule has 1 aromatic carbocycles. The van der Waals surface area contributed by atoms with Gasteiger partial charge in [0.2, 0.25) is 0 Å². The van der Waals surface area contributed by atoms with Crippen molar-refractivity contribution in [2.75, 3.05) is 19.5 Å². The second-order valence-corrected chi connectivity index (χ2v) is 5.75. The summed E-state index contributed by atoms with van der Waals surface area (Å²) in [6.07, 6.45) is 1.50. The molecule has 0 saturated carbocycles. The third-order valence-corrected chi connectivity index (χ3v) is 3.81. The average Bonchev–Trinajstić information content (AvgIpc) is 3.11. The molecule has 2 heterocycles. The molecule has 8 nitrogen and oxygen atoms in total. The summed E-state index contributed by atoms with van der Waals surface area (Å²) in [4.78, 5) is 16.5. The number of carbonyl (C=O) groups is 1. The third kappa shape index (κ3) is 4.55. The highest BCUT2D eigenvalue weighted by Gasteiger charge is 2.09. The maximum absolute atomic E-state index is 12.3. The van der Waals surface area contributed by atoms with Gasteiger partial charge in [0.1, 0.15) is 11.6 Å². The molecule has 8 heteroatoms. The highest BCUT2D eigenvalue weighted by atomic mass is 16.5. The van der Waals surface area contributed by atoms with Crippen molar-refractivity contribution >= 4 is 17.5 Å². The zero-order valence-corrected chi connectivity index (χ0v) is 15.3. The molecule has 2 N–H and O–H groups in total. The van der Waals surface area contributed by atoms with E-state index in [2.05, 4.69) is 20.8 Å². The zero-order valence-electron chi connectivity index (χ0n) is 15.3. The average molecular weight is 368 g/mol. The van der Waals surface area contributed by atoms with E-state index in [-0.39, 0.29) is 5.91 Å². The van der Waals surface area contributed by atoms with E-state index in [0.29, 0.717) is 41.0 Å². The van der Waals surface area contributed by atoms with Gasteiger partial charge in [0.15, 0.2) is 17.3 Å². The lowest BCUT2D eigenvalue weighted by atomic mass is 10.2. The molecule has 140 valence electrons. The van der Waals surface area contributed by atoms with Gasteiger partial charge < -0.3 is 24.6 Å². The first kappa shape index (κ1) is 18.2. The quantitative estimate of drug-likeness (QED) is 0.661. The van der Waals surface area contributed by atoms with Crippen LogP contribution in [0.25, 0.3) is 0 Å². The SMILES string of the molecule is COc1ccc(CNC(=O)c2ccc(Nc3cc(C)on3)nc2)cc1OC. The van der Waals surface area contributed by atoms with Crippen LogP contribution in [0, 0.1) is 6.92 Å². The summed E-state index contributed by atoms with van der Waals surface area (Å²) in [5.41, 5.74) is 1.35. The maximum atomic E-state index is 12.3. The van der Waals surface area contributed by atoms with E-state index in [1.807, 2.05) is 12.1 Å². The Morgan fingerprint density at radius 1 is 1.07 bits per heavy atom. The van der Waals surface area contributed by atoms with Crippen LogP contribution in [0.15, 0.2) is 47.1 Å². The fourth-order valence-corrected chi connectivity index (χ4v) is 2.43. The molecule has 0 aliphatic rings. The van der Waals surface area contributed by atoms with Crippen LogP contribution >= 0.6 is 0 Å². The number of nitrogens with one attached hydrogen (secondary N) is 2. The number of rotatable bonds is 7. The lowest BCUT2D eigenvalue weighted by Gasteiger charge is -2.10. The summed E-state index contributed by atoms with van der Waals surface area (Å²) < 4.78 is 15.5. The summed E-state index contributed by atoms with van der Waals surface area (Å²) in [6.45, 7) is 2.16. The first-order valence-electron chi connectivity index (χ1n) is 8.24. The van der Waals surface area contributed by atoms with Gasteiger partial charge >= 0.3 is 0 Å². The largest absolute Gasteiger partial charge is 0.493 e. The number of carbonyl (C=O) groups excluding carboxylic acids is 1. The third-order valence-electron chi connectivity index (χ3n) is 3.81. The Morgan fingerprint density at radius 2 is 1.89 bits per heavy atom. The smallest absolute Gasteiger partial charge is 0.253 e. The number of methoxy groups -OCH3 is 2. The number of amides is 1. The molecule has 0 spiro atoms. The topological polar surface area (TPSA) is 98.5 Å². The van der Waals surface area contributed by atoms with Crippen molar-refractivity contribution < 1.29 is 18.8 Å². The standard InChI is InChI=1S/C19H20N4O4/c1-12-8-18(23-27-12)22-17-7-5-14(11-20-17)19(24)21-10-13-4-6-15(25-2)16(9-13)26-3/h4-9,11H,10H2,1-3H3,(H,21,24)(H,20,22,23). The van der Waals surface area contributed by atoms with Crippen LogP contribution in [0.4, 0.5) is 11.6 Å². The van der Waals surface area contributed by atoms with Crippen LogP contribution < -0.4 is 20.1 Å². The van der Waals surface area contributed by atoms with Crippen molar-refractivity contribution in [3.63, 3.8) is 0 Å². The van der Waals surface area contributed by atoms with Crippen LogP contribution in [-0.2, 0) is 6.54 Å². The Balaban J connectivity index is 1.59. The number of benzene rings is 1. The molecule has 0 radical (unpaired) electrons. The molecule has 3 aromatic rings. The summed E-state index contributed by atoms with van der Waals surface area (Å²) in [7, 11) is 3.15. The Bertz CT molecular complexity index is 922. The van der Waals surface area contributed by atoms with Crippen LogP contribution in [0.5, 0.6) is 11.5 Å². The number of anilines is 2. The molecule has 27 heavy (non-hydrogen) atoms. The fraction of sp³-hybridized carbons (Fsp3) is 0.211. The van der Waals surface area contributed by atoms with Crippen molar-refractivity contribution in [2.45, 2.75) is 13.5 Å². The van der Waals surface area contributed by atoms with Gasteiger partial charge in [0.25, 0.3) is 5.91 Å². The molecule has 0 bridgehead atoms. The highest BCUT2D eigenvalue weighted by molar-refractivity contribution is 5.94. The number of aromatic nitrogens is 2. The van der Waals surface area contributed by atoms with E-state index in [0.717, 1.165) is 5.56 Å². The molecule has 2 aromatic heterocycles. The first-order chi connectivity index (χ1) is 13.1. The van der Waals surface area contributed by atoms with Gasteiger partial charge in [-0.05, 0) is 36.8 Å². The van der Waals surface area contributed by atoms with E-state index in [1.54, 1.807) is 45.4 Å². The minimum absolute atomic E-state index is 0.221. The summed E-state index contributed by atoms with van der Waals surface area (Å²) in [6, 6.07) is 10.6. The van der Waals surface area contributed by atoms with Gasteiger partial charge in [-0.25, -0.2) is 4.98 Å². The molecule has 0 aliphatic carbocycles. The van der Waals surface area contributed by atoms with Gasteiger partial charge in [-0.15, -0.1) is 0 Å². The van der Waals surface area contributed by atoms with Gasteiger partial charge in [-0.3, -0.25) is 4.79 Å². The fourth-order valence-electron chi connectivity index (χ4n) is 2.43. The second-order valence-electron chi connectivity index (χ2n) is 5.75. The Kier molecular flexibility index (Phi) is 5.55. The van der Waals surface area contributed by atoms with Crippen molar-refractivity contribution in [3.05, 3.63) is 59.5 Å². The molecular weight excluding hydrogens is 348 g/mol. The summed E-state index contributed by atoms with van der Waals surface area (Å²) >= 11 is 0. The predicted molar refractivity (Wildman–Crippen MR) is 99.5 cm³/mol. The van der Waals surface area contributed by atoms with Crippen molar-refractivity contribution in [1.82, 2.24) is 15.5 Å². The van der Waals surface area contributed by atoms with Crippen molar-refractivity contribution in [1.29, 1.82) is 0 Å². The van der Waals surface area contributed by atoms with Crippen molar-refractivity contribution in [2.24, 2.45) is 0 Å². The lowest BCUT2D eigenvalue weighted by molar-refractivity contribution is 0.0950. The van der Waals surface area contributed by atoms with E-state index >= 15 is 0 Å². The summed E-state index contributed by atoms with van der Waals surface area (Å²) in [5.74, 6) is 2.86. The van der Waals surface area contributed by atoms with Gasteiger partial charge in [0, 0.05) is 18.8 Å². The molecule has 0 unspecified atom stereocenters. The number of aryl methyl sites for hydroxylation is 1. The minimum atomic E-state index is -0.221. The van der Waals surface area contributed by atoms with Gasteiger partial charge in [-0.1, -0.05) is 11.2 Å². The maximum Gasteiger partial charge on any atom is 0.253 e. The highest BCUT2D eigenvalue weighted by Crippen LogP contribution is 2.27. The number of hydrogen-bond acceptors (Lipinski definition) is 7. The van der Waals surface area contributed by atoms with E-state index in [4.69, 9.17) is 14.0 Å². The van der Waals surface area contributed by atoms with Gasteiger partial charge in [-0.2, -0.15) is 0 Å². The molecule has 1 amide bonds. The van der Waals surface area contributed by atoms with Crippen LogP contribution in [0.2, 0.25) is 0 Å². The summed E-state index contributed by atoms with van der Waals surface area (Å²) in [5, 5.41) is 9.69. The van der Waals surface area contributed by atoms with E-state index in [1.165, 1.54) is 6.20 Å². The normalized spacial score (nSPS) is 10.3. The van der Waals surface area contributed by atoms with Crippen LogP contribution in [0.3, 0.4) is 0 Å².